The molecule has 6 heteroatoms. The average molecular weight is 326 g/mol. The lowest BCUT2D eigenvalue weighted by atomic mass is 9.82. The normalized spacial score (nSPS) is 17.2. The average Bonchev–Trinajstić information content (AvgIpc) is 2.87. The topological polar surface area (TPSA) is 56.6 Å². The molecule has 1 atom stereocenters. The molecular weight excluding hydrogens is 302 g/mol. The van der Waals surface area contributed by atoms with E-state index >= 15 is 0 Å². The molecule has 0 aromatic carbocycles. The van der Waals surface area contributed by atoms with Crippen molar-refractivity contribution in [2.24, 2.45) is 10.9 Å². The van der Waals surface area contributed by atoms with Gasteiger partial charge in [-0.1, -0.05) is 26.7 Å². The van der Waals surface area contributed by atoms with Crippen LogP contribution in [0.4, 0.5) is 5.69 Å². The molecule has 0 spiro atoms. The third-order valence-corrected chi connectivity index (χ3v) is 4.21. The van der Waals surface area contributed by atoms with Gasteiger partial charge in [0.2, 0.25) is 5.28 Å². The molecule has 22 heavy (non-hydrogen) atoms. The molecule has 0 N–H and O–H groups in total. The Bertz CT molecular complexity index is 526. The molecule has 122 valence electrons. The molecule has 1 aliphatic rings. The molecule has 0 radical (unpaired) electrons. The minimum Gasteiger partial charge on any atom is -0.348 e. The van der Waals surface area contributed by atoms with E-state index in [-0.39, 0.29) is 11.2 Å². The van der Waals surface area contributed by atoms with Gasteiger partial charge in [-0.3, -0.25) is 0 Å². The maximum absolute atomic E-state index is 5.99. The largest absolute Gasteiger partial charge is 0.348 e. The monoisotopic (exact) mass is 325 g/mol. The first-order valence-electron chi connectivity index (χ1n) is 8.00. The molecule has 2 heterocycles. The summed E-state index contributed by atoms with van der Waals surface area (Å²) in [5.74, 6) is 0.503. The Morgan fingerprint density at radius 1 is 1.14 bits per heavy atom. The lowest BCUT2D eigenvalue weighted by Crippen LogP contribution is -2.34. The van der Waals surface area contributed by atoms with Gasteiger partial charge in [-0.2, -0.15) is 0 Å². The van der Waals surface area contributed by atoms with Crippen LogP contribution in [-0.2, 0) is 9.47 Å². The van der Waals surface area contributed by atoms with E-state index in [2.05, 4.69) is 23.8 Å². The zero-order valence-corrected chi connectivity index (χ0v) is 14.4. The third kappa shape index (κ3) is 3.47. The maximum Gasteiger partial charge on any atom is 0.222 e. The van der Waals surface area contributed by atoms with Crippen LogP contribution < -0.4 is 0 Å². The molecule has 1 aliphatic heterocycles. The van der Waals surface area contributed by atoms with Gasteiger partial charge in [0, 0.05) is 13.2 Å². The highest BCUT2D eigenvalue weighted by Gasteiger charge is 2.38. The summed E-state index contributed by atoms with van der Waals surface area (Å²) < 4.78 is 11.5. The summed E-state index contributed by atoms with van der Waals surface area (Å²) in [7, 11) is 0. The first-order valence-corrected chi connectivity index (χ1v) is 8.37. The molecule has 5 nitrogen and oxygen atoms in total. The van der Waals surface area contributed by atoms with Crippen LogP contribution in [0.1, 0.15) is 52.1 Å². The summed E-state index contributed by atoms with van der Waals surface area (Å²) in [5, 5.41) is 0.260. The number of hydrogen-bond acceptors (Lipinski definition) is 5. The van der Waals surface area contributed by atoms with Gasteiger partial charge < -0.3 is 9.47 Å². The zero-order valence-electron chi connectivity index (χ0n) is 13.7. The second-order valence-corrected chi connectivity index (χ2v) is 5.58. The Morgan fingerprint density at radius 3 is 2.32 bits per heavy atom. The first-order chi connectivity index (χ1) is 10.7. The molecule has 0 saturated heterocycles. The minimum atomic E-state index is -0.437. The van der Waals surface area contributed by atoms with Gasteiger partial charge in [-0.05, 0) is 31.4 Å². The van der Waals surface area contributed by atoms with Crippen molar-refractivity contribution in [3.63, 3.8) is 0 Å². The molecule has 0 fully saturated rings. The number of aromatic nitrogens is 2. The zero-order chi connectivity index (χ0) is 16.1. The van der Waals surface area contributed by atoms with Crippen molar-refractivity contribution in [2.45, 2.75) is 52.7 Å². The molecule has 0 bridgehead atoms. The Morgan fingerprint density at radius 2 is 1.77 bits per heavy atom. The Kier molecular flexibility index (Phi) is 6.29. The minimum absolute atomic E-state index is 0.0774. The standard InChI is InChI=1S/C16H24ClN3O2/c1-5-10(6-2)12-13-11(9-18-16(17)20-13)19-14(12)15(21-7-3)22-8-4/h9-10,12,15H,5-8H2,1-4H3. The summed E-state index contributed by atoms with van der Waals surface area (Å²) in [4.78, 5) is 13.2. The van der Waals surface area contributed by atoms with Gasteiger partial charge in [0.1, 0.15) is 5.69 Å². The molecule has 1 unspecified atom stereocenters. The van der Waals surface area contributed by atoms with Crippen molar-refractivity contribution in [3.05, 3.63) is 17.2 Å². The van der Waals surface area contributed by atoms with Crippen LogP contribution in [0.5, 0.6) is 0 Å². The third-order valence-electron chi connectivity index (χ3n) is 4.03. The van der Waals surface area contributed by atoms with Crippen LogP contribution in [0.3, 0.4) is 0 Å². The van der Waals surface area contributed by atoms with Crippen LogP contribution in [0, 0.1) is 5.92 Å². The molecular formula is C16H24ClN3O2. The van der Waals surface area contributed by atoms with Crippen molar-refractivity contribution >= 4 is 23.0 Å². The van der Waals surface area contributed by atoms with Crippen LogP contribution in [0.15, 0.2) is 11.2 Å². The van der Waals surface area contributed by atoms with E-state index in [4.69, 9.17) is 26.1 Å². The Hall–Kier alpha value is -1.04. The SMILES string of the molecule is CCOC(OCC)C1=Nc2cnc(Cl)nc2C1C(CC)CC. The number of nitrogens with zero attached hydrogens (tertiary/aromatic N) is 3. The smallest absolute Gasteiger partial charge is 0.222 e. The van der Waals surface area contributed by atoms with Gasteiger partial charge in [0.25, 0.3) is 0 Å². The van der Waals surface area contributed by atoms with E-state index in [1.165, 1.54) is 0 Å². The number of aliphatic imine (C=N–C) groups is 1. The summed E-state index contributed by atoms with van der Waals surface area (Å²) in [6.07, 6.45) is 3.31. The van der Waals surface area contributed by atoms with E-state index < -0.39 is 6.29 Å². The van der Waals surface area contributed by atoms with Gasteiger partial charge in [0.05, 0.1) is 23.5 Å². The van der Waals surface area contributed by atoms with Crippen LogP contribution in [0.2, 0.25) is 5.28 Å². The second kappa shape index (κ2) is 7.99. The summed E-state index contributed by atoms with van der Waals surface area (Å²) in [6, 6.07) is 0. The lowest BCUT2D eigenvalue weighted by Gasteiger charge is -2.27. The Labute approximate surface area is 137 Å². The number of hydrogen-bond donors (Lipinski definition) is 0. The van der Waals surface area contributed by atoms with Crippen molar-refractivity contribution in [1.82, 2.24) is 9.97 Å². The summed E-state index contributed by atoms with van der Waals surface area (Å²) in [6.45, 7) is 9.42. The fraction of sp³-hybridized carbons (Fsp3) is 0.688. The molecule has 0 amide bonds. The van der Waals surface area contributed by atoms with Crippen LogP contribution in [0.25, 0.3) is 0 Å². The number of halogens is 1. The molecule has 0 aliphatic carbocycles. The van der Waals surface area contributed by atoms with E-state index in [0.717, 1.165) is 29.9 Å². The first kappa shape index (κ1) is 17.3. The summed E-state index contributed by atoms with van der Waals surface area (Å²) in [5.41, 5.74) is 2.57. The van der Waals surface area contributed by atoms with Crippen LogP contribution >= 0.6 is 11.6 Å². The van der Waals surface area contributed by atoms with Gasteiger partial charge in [-0.15, -0.1) is 0 Å². The van der Waals surface area contributed by atoms with E-state index in [0.29, 0.717) is 19.1 Å². The van der Waals surface area contributed by atoms with E-state index in [9.17, 15) is 0 Å². The number of ether oxygens (including phenoxy) is 2. The van der Waals surface area contributed by atoms with Gasteiger partial charge in [-0.25, -0.2) is 15.0 Å². The molecule has 2 rings (SSSR count). The van der Waals surface area contributed by atoms with Gasteiger partial charge in [0.15, 0.2) is 6.29 Å². The van der Waals surface area contributed by atoms with Gasteiger partial charge >= 0.3 is 0 Å². The predicted molar refractivity (Wildman–Crippen MR) is 88.0 cm³/mol. The number of rotatable bonds is 8. The lowest BCUT2D eigenvalue weighted by molar-refractivity contribution is -0.0919. The molecule has 1 aromatic rings. The van der Waals surface area contributed by atoms with Crippen molar-refractivity contribution in [2.75, 3.05) is 13.2 Å². The summed E-state index contributed by atoms with van der Waals surface area (Å²) >= 11 is 5.99. The highest BCUT2D eigenvalue weighted by atomic mass is 35.5. The highest BCUT2D eigenvalue weighted by Crippen LogP contribution is 2.42. The number of fused-ring (bicyclic) bond motifs is 1. The molecule has 1 aromatic heterocycles. The van der Waals surface area contributed by atoms with E-state index in [1.807, 2.05) is 13.8 Å². The highest BCUT2D eigenvalue weighted by molar-refractivity contribution is 6.28. The van der Waals surface area contributed by atoms with Crippen molar-refractivity contribution < 1.29 is 9.47 Å². The van der Waals surface area contributed by atoms with Crippen LogP contribution in [-0.4, -0.2) is 35.2 Å². The quantitative estimate of drug-likeness (QED) is 0.532. The maximum atomic E-state index is 5.99. The van der Waals surface area contributed by atoms with Crippen molar-refractivity contribution in [3.8, 4) is 0 Å². The molecule has 0 saturated carbocycles. The Balaban J connectivity index is 2.42. The fourth-order valence-electron chi connectivity index (χ4n) is 2.98. The van der Waals surface area contributed by atoms with Crippen molar-refractivity contribution in [1.29, 1.82) is 0 Å². The second-order valence-electron chi connectivity index (χ2n) is 5.24. The predicted octanol–water partition coefficient (Wildman–Crippen LogP) is 4.14. The van der Waals surface area contributed by atoms with E-state index in [1.54, 1.807) is 6.20 Å². The fourth-order valence-corrected chi connectivity index (χ4v) is 3.12.